The number of halogens is 1. The fourth-order valence-electron chi connectivity index (χ4n) is 2.66. The van der Waals surface area contributed by atoms with E-state index in [-0.39, 0.29) is 35.8 Å². The van der Waals surface area contributed by atoms with Crippen LogP contribution in [0, 0.1) is 5.92 Å². The van der Waals surface area contributed by atoms with Gasteiger partial charge in [0.25, 0.3) is 0 Å². The van der Waals surface area contributed by atoms with Crippen molar-refractivity contribution in [3.05, 3.63) is 30.3 Å². The Balaban J connectivity index is 0.00000392. The summed E-state index contributed by atoms with van der Waals surface area (Å²) in [6.45, 7) is 6.95. The fraction of sp³-hybridized carbons (Fsp3) is 0.650. The molecule has 28 heavy (non-hydrogen) atoms. The number of hydrogen-bond acceptors (Lipinski definition) is 4. The van der Waals surface area contributed by atoms with Crippen molar-refractivity contribution < 1.29 is 13.2 Å². The van der Waals surface area contributed by atoms with Gasteiger partial charge in [0.2, 0.25) is 0 Å². The zero-order chi connectivity index (χ0) is 19.5. The summed E-state index contributed by atoms with van der Waals surface area (Å²) in [5, 5.41) is 6.46. The van der Waals surface area contributed by atoms with Crippen molar-refractivity contribution in [3.63, 3.8) is 0 Å². The Morgan fingerprint density at radius 1 is 1.25 bits per heavy atom. The average molecular weight is 523 g/mol. The number of hydrogen-bond donors (Lipinski definition) is 2. The molecule has 160 valence electrons. The number of aliphatic imine (C=N–C) groups is 1. The Morgan fingerprint density at radius 2 is 1.96 bits per heavy atom. The zero-order valence-electron chi connectivity index (χ0n) is 16.9. The Kier molecular flexibility index (Phi) is 12.0. The van der Waals surface area contributed by atoms with E-state index >= 15 is 0 Å². The van der Waals surface area contributed by atoms with Crippen LogP contribution in [0.15, 0.2) is 40.2 Å². The summed E-state index contributed by atoms with van der Waals surface area (Å²) in [6, 6.07) is 8.40. The molecule has 0 saturated heterocycles. The van der Waals surface area contributed by atoms with E-state index in [4.69, 9.17) is 4.74 Å². The molecule has 0 spiro atoms. The highest BCUT2D eigenvalue weighted by Crippen LogP contribution is 2.28. The second-order valence-electron chi connectivity index (χ2n) is 6.98. The highest BCUT2D eigenvalue weighted by atomic mass is 127. The second kappa shape index (κ2) is 13.4. The largest absolute Gasteiger partial charge is 0.381 e. The van der Waals surface area contributed by atoms with Crippen molar-refractivity contribution in [1.29, 1.82) is 0 Å². The Hall–Kier alpha value is -0.870. The summed E-state index contributed by atoms with van der Waals surface area (Å²) in [7, 11) is -3.33. The molecule has 8 heteroatoms. The number of benzene rings is 1. The third kappa shape index (κ3) is 9.56. The minimum Gasteiger partial charge on any atom is -0.381 e. The Bertz CT molecular complexity index is 679. The molecule has 1 aliphatic carbocycles. The van der Waals surface area contributed by atoms with Crippen molar-refractivity contribution in [3.8, 4) is 0 Å². The van der Waals surface area contributed by atoms with Gasteiger partial charge >= 0.3 is 0 Å². The van der Waals surface area contributed by atoms with E-state index in [1.165, 1.54) is 12.8 Å². The summed E-state index contributed by atoms with van der Waals surface area (Å²) < 4.78 is 30.9. The van der Waals surface area contributed by atoms with Gasteiger partial charge in [-0.05, 0) is 50.7 Å². The molecule has 0 radical (unpaired) electrons. The van der Waals surface area contributed by atoms with Crippen LogP contribution < -0.4 is 10.6 Å². The van der Waals surface area contributed by atoms with Crippen LogP contribution in [-0.2, 0) is 14.6 Å². The summed E-state index contributed by atoms with van der Waals surface area (Å²) >= 11 is 0. The van der Waals surface area contributed by atoms with Crippen molar-refractivity contribution in [2.24, 2.45) is 10.9 Å². The van der Waals surface area contributed by atoms with Crippen LogP contribution >= 0.6 is 24.0 Å². The summed E-state index contributed by atoms with van der Waals surface area (Å²) in [6.07, 6.45) is 4.16. The van der Waals surface area contributed by atoms with E-state index < -0.39 is 9.84 Å². The third-order valence-corrected chi connectivity index (χ3v) is 6.30. The molecule has 1 unspecified atom stereocenters. The molecule has 1 atom stereocenters. The third-order valence-electron chi connectivity index (χ3n) is 4.47. The molecule has 0 heterocycles. The molecule has 1 saturated carbocycles. The van der Waals surface area contributed by atoms with Gasteiger partial charge in [-0.1, -0.05) is 25.1 Å². The fourth-order valence-corrected chi connectivity index (χ4v) is 4.27. The lowest BCUT2D eigenvalue weighted by Gasteiger charge is -2.20. The lowest BCUT2D eigenvalue weighted by Crippen LogP contribution is -2.46. The van der Waals surface area contributed by atoms with Gasteiger partial charge in [0.05, 0.1) is 10.6 Å². The molecule has 1 aliphatic rings. The van der Waals surface area contributed by atoms with Crippen molar-refractivity contribution in [1.82, 2.24) is 10.6 Å². The normalized spacial score (nSPS) is 15.6. The van der Waals surface area contributed by atoms with E-state index in [9.17, 15) is 8.42 Å². The van der Waals surface area contributed by atoms with E-state index in [1.807, 2.05) is 19.9 Å². The van der Waals surface area contributed by atoms with Crippen molar-refractivity contribution in [2.75, 3.05) is 32.1 Å². The van der Waals surface area contributed by atoms with Crippen LogP contribution in [0.4, 0.5) is 0 Å². The monoisotopic (exact) mass is 523 g/mol. The molecular weight excluding hydrogens is 489 g/mol. The van der Waals surface area contributed by atoms with E-state index in [1.54, 1.807) is 24.3 Å². The molecule has 1 aromatic carbocycles. The van der Waals surface area contributed by atoms with E-state index in [2.05, 4.69) is 15.6 Å². The zero-order valence-corrected chi connectivity index (χ0v) is 20.0. The number of ether oxygens (including phenoxy) is 1. The quantitative estimate of drug-likeness (QED) is 0.190. The summed E-state index contributed by atoms with van der Waals surface area (Å²) in [5.41, 5.74) is 0. The van der Waals surface area contributed by atoms with Crippen molar-refractivity contribution >= 4 is 39.8 Å². The maximum Gasteiger partial charge on any atom is 0.191 e. The number of sulfone groups is 1. The molecule has 1 fully saturated rings. The van der Waals surface area contributed by atoms with Crippen LogP contribution in [0.2, 0.25) is 0 Å². The summed E-state index contributed by atoms with van der Waals surface area (Å²) in [5.74, 6) is 1.49. The van der Waals surface area contributed by atoms with Gasteiger partial charge in [0, 0.05) is 32.3 Å². The standard InChI is InChI=1S/C20H33N3O3S.HI/c1-3-18(16-27(24,25)19-9-6-5-7-10-19)23-20(21-4-2)22-13-8-14-26-15-17-11-12-17;/h5-7,9-10,17-18H,3-4,8,11-16H2,1-2H3,(H2,21,22,23);1H. The number of nitrogens with one attached hydrogen (secondary N) is 2. The molecule has 2 rings (SSSR count). The lowest BCUT2D eigenvalue weighted by atomic mass is 10.3. The predicted octanol–water partition coefficient (Wildman–Crippen LogP) is 3.23. The minimum absolute atomic E-state index is 0. The van der Waals surface area contributed by atoms with E-state index in [0.29, 0.717) is 23.8 Å². The van der Waals surface area contributed by atoms with E-state index in [0.717, 1.165) is 32.1 Å². The van der Waals surface area contributed by atoms with Crippen LogP contribution in [0.25, 0.3) is 0 Å². The predicted molar refractivity (Wildman–Crippen MR) is 125 cm³/mol. The van der Waals surface area contributed by atoms with Gasteiger partial charge in [-0.2, -0.15) is 0 Å². The summed E-state index contributed by atoms with van der Waals surface area (Å²) in [4.78, 5) is 4.92. The van der Waals surface area contributed by atoms with Crippen LogP contribution in [-0.4, -0.2) is 52.5 Å². The molecule has 6 nitrogen and oxygen atoms in total. The molecule has 0 amide bonds. The topological polar surface area (TPSA) is 79.8 Å². The minimum atomic E-state index is -3.33. The first kappa shape index (κ1) is 25.2. The SMILES string of the molecule is CCNC(=NCCCOCC1CC1)NC(CC)CS(=O)(=O)c1ccccc1.I. The molecule has 0 aromatic heterocycles. The Labute approximate surface area is 186 Å². The van der Waals surface area contributed by atoms with Gasteiger partial charge in [-0.3, -0.25) is 4.99 Å². The average Bonchev–Trinajstić information content (AvgIpc) is 3.49. The maximum absolute atomic E-state index is 12.6. The van der Waals surface area contributed by atoms with Crippen LogP contribution in [0.5, 0.6) is 0 Å². The smallest absolute Gasteiger partial charge is 0.191 e. The molecule has 0 aliphatic heterocycles. The first-order valence-corrected chi connectivity index (χ1v) is 11.6. The molecular formula is C20H34IN3O3S. The van der Waals surface area contributed by atoms with Crippen LogP contribution in [0.1, 0.15) is 39.5 Å². The highest BCUT2D eigenvalue weighted by molar-refractivity contribution is 14.0. The first-order valence-electron chi connectivity index (χ1n) is 9.95. The molecule has 0 bridgehead atoms. The maximum atomic E-state index is 12.6. The van der Waals surface area contributed by atoms with Crippen LogP contribution in [0.3, 0.4) is 0 Å². The first-order chi connectivity index (χ1) is 13.0. The van der Waals surface area contributed by atoms with Gasteiger partial charge < -0.3 is 15.4 Å². The number of rotatable bonds is 12. The van der Waals surface area contributed by atoms with Gasteiger partial charge in [-0.15, -0.1) is 24.0 Å². The second-order valence-corrected chi connectivity index (χ2v) is 9.01. The lowest BCUT2D eigenvalue weighted by molar-refractivity contribution is 0.123. The van der Waals surface area contributed by atoms with Gasteiger partial charge in [0.15, 0.2) is 15.8 Å². The Morgan fingerprint density at radius 3 is 2.57 bits per heavy atom. The highest BCUT2D eigenvalue weighted by Gasteiger charge is 2.21. The van der Waals surface area contributed by atoms with Gasteiger partial charge in [-0.25, -0.2) is 8.42 Å². The number of nitrogens with zero attached hydrogens (tertiary/aromatic N) is 1. The molecule has 1 aromatic rings. The van der Waals surface area contributed by atoms with Crippen molar-refractivity contribution in [2.45, 2.75) is 50.5 Å². The van der Waals surface area contributed by atoms with Gasteiger partial charge in [0.1, 0.15) is 0 Å². The number of guanidine groups is 1. The molecule has 2 N–H and O–H groups in total.